The van der Waals surface area contributed by atoms with Gasteiger partial charge in [0.25, 0.3) is 5.91 Å². The van der Waals surface area contributed by atoms with Gasteiger partial charge in [0.2, 0.25) is 5.78 Å². The Hall–Kier alpha value is -3.13. The first kappa shape index (κ1) is 20.2. The molecule has 1 unspecified atom stereocenters. The van der Waals surface area contributed by atoms with Crippen molar-refractivity contribution >= 4 is 23.2 Å². The van der Waals surface area contributed by atoms with Crippen molar-refractivity contribution in [2.75, 3.05) is 18.0 Å². The van der Waals surface area contributed by atoms with Crippen LogP contribution in [0.4, 0.5) is 5.82 Å². The molecule has 2 aliphatic rings. The summed E-state index contributed by atoms with van der Waals surface area (Å²) in [6.07, 6.45) is 5.08. The van der Waals surface area contributed by atoms with E-state index in [4.69, 9.17) is 4.84 Å². The maximum atomic E-state index is 13.5. The monoisotopic (exact) mass is 407 g/mol. The molecule has 1 amide bonds. The molecular formula is C22H25N5O3. The molecule has 4 rings (SSSR count). The number of nitrogens with one attached hydrogen (secondary N) is 1. The second-order valence-electron chi connectivity index (χ2n) is 8.12. The van der Waals surface area contributed by atoms with Gasteiger partial charge in [0.15, 0.2) is 11.3 Å². The molecule has 2 aromatic heterocycles. The number of rotatable bonds is 4. The molecule has 1 fully saturated rings. The summed E-state index contributed by atoms with van der Waals surface area (Å²) >= 11 is 0. The molecule has 1 atom stereocenters. The van der Waals surface area contributed by atoms with Gasteiger partial charge in [-0.1, -0.05) is 11.2 Å². The Morgan fingerprint density at radius 3 is 2.70 bits per heavy atom. The van der Waals surface area contributed by atoms with E-state index in [1.165, 1.54) is 6.20 Å². The van der Waals surface area contributed by atoms with E-state index < -0.39 is 5.60 Å². The molecule has 8 heteroatoms. The van der Waals surface area contributed by atoms with Gasteiger partial charge in [-0.2, -0.15) is 0 Å². The number of oxime groups is 1. The van der Waals surface area contributed by atoms with Gasteiger partial charge in [-0.25, -0.2) is 4.98 Å². The van der Waals surface area contributed by atoms with E-state index in [-0.39, 0.29) is 23.4 Å². The van der Waals surface area contributed by atoms with Crippen LogP contribution >= 0.6 is 0 Å². The predicted molar refractivity (Wildman–Crippen MR) is 113 cm³/mol. The Morgan fingerprint density at radius 1 is 1.27 bits per heavy atom. The molecule has 156 valence electrons. The number of ketones is 1. The van der Waals surface area contributed by atoms with Crippen molar-refractivity contribution in [2.45, 2.75) is 45.3 Å². The first-order valence-electron chi connectivity index (χ1n) is 10.1. The summed E-state index contributed by atoms with van der Waals surface area (Å²) < 4.78 is 0. The molecule has 2 aliphatic heterocycles. The van der Waals surface area contributed by atoms with Crippen molar-refractivity contribution in [3.63, 3.8) is 0 Å². The average Bonchev–Trinajstić information content (AvgIpc) is 3.03. The fourth-order valence-electron chi connectivity index (χ4n) is 3.71. The molecule has 1 saturated heterocycles. The number of hydrogen-bond donors (Lipinski definition) is 1. The number of hydrogen-bond acceptors (Lipinski definition) is 7. The highest BCUT2D eigenvalue weighted by Crippen LogP contribution is 2.25. The van der Waals surface area contributed by atoms with E-state index in [1.54, 1.807) is 37.1 Å². The van der Waals surface area contributed by atoms with Crippen LogP contribution in [0.1, 0.15) is 48.3 Å². The zero-order valence-electron chi connectivity index (χ0n) is 17.4. The minimum Gasteiger partial charge on any atom is -0.381 e. The second kappa shape index (κ2) is 7.95. The van der Waals surface area contributed by atoms with E-state index in [0.717, 1.165) is 24.9 Å². The van der Waals surface area contributed by atoms with Crippen LogP contribution in [0.3, 0.4) is 0 Å². The normalized spacial score (nSPS) is 20.4. The summed E-state index contributed by atoms with van der Waals surface area (Å²) in [5, 5.41) is 7.26. The highest BCUT2D eigenvalue weighted by atomic mass is 16.7. The number of nitrogens with zero attached hydrogens (tertiary/aromatic N) is 4. The summed E-state index contributed by atoms with van der Waals surface area (Å²) in [6.45, 7) is 6.94. The van der Waals surface area contributed by atoms with Gasteiger partial charge < -0.3 is 10.2 Å². The largest absolute Gasteiger partial charge is 0.381 e. The minimum absolute atomic E-state index is 0.00342. The zero-order chi connectivity index (χ0) is 21.3. The number of amides is 1. The highest BCUT2D eigenvalue weighted by molar-refractivity contribution is 6.49. The van der Waals surface area contributed by atoms with Gasteiger partial charge in [-0.05, 0) is 63.9 Å². The molecule has 2 aromatic rings. The second-order valence-corrected chi connectivity index (χ2v) is 8.12. The summed E-state index contributed by atoms with van der Waals surface area (Å²) in [7, 11) is 0. The smallest absolute Gasteiger partial charge is 0.278 e. The first-order chi connectivity index (χ1) is 14.4. The third-order valence-corrected chi connectivity index (χ3v) is 5.45. The van der Waals surface area contributed by atoms with Crippen molar-refractivity contribution in [3.8, 4) is 0 Å². The quantitative estimate of drug-likeness (QED) is 0.835. The molecule has 0 aliphatic carbocycles. The summed E-state index contributed by atoms with van der Waals surface area (Å²) in [5.41, 5.74) is 0.992. The van der Waals surface area contributed by atoms with Crippen molar-refractivity contribution in [1.29, 1.82) is 0 Å². The van der Waals surface area contributed by atoms with Crippen LogP contribution in [-0.2, 0) is 9.63 Å². The van der Waals surface area contributed by atoms with Gasteiger partial charge >= 0.3 is 0 Å². The summed E-state index contributed by atoms with van der Waals surface area (Å²) in [4.78, 5) is 41.7. The lowest BCUT2D eigenvalue weighted by atomic mass is 9.97. The lowest BCUT2D eigenvalue weighted by Gasteiger charge is -2.34. The van der Waals surface area contributed by atoms with Crippen LogP contribution in [0.2, 0.25) is 0 Å². The number of pyridine rings is 2. The fourth-order valence-corrected chi connectivity index (χ4v) is 3.71. The number of aromatic nitrogens is 2. The highest BCUT2D eigenvalue weighted by Gasteiger charge is 2.40. The Balaban J connectivity index is 1.63. The molecule has 0 saturated carbocycles. The Kier molecular flexibility index (Phi) is 5.34. The molecule has 0 radical (unpaired) electrons. The standard InChI is InChI=1S/C22H25N5O3/c1-14-6-4-11-24-20(14)27(16-7-5-10-23-13-16)21(29)17-9-8-15(12-25-17)18-19(28)22(2,3)30-26-18/h4,6,8-9,11-12,16,23H,5,7,10,13H2,1-3H3. The SMILES string of the molecule is Cc1cccnc1N(C(=O)c1ccc(C2=NOC(C)(C)C2=O)cn1)C1CCCNC1. The third-order valence-electron chi connectivity index (χ3n) is 5.45. The van der Waals surface area contributed by atoms with E-state index in [9.17, 15) is 9.59 Å². The molecule has 4 heterocycles. The molecule has 1 N–H and O–H groups in total. The van der Waals surface area contributed by atoms with E-state index >= 15 is 0 Å². The van der Waals surface area contributed by atoms with Crippen LogP contribution in [0.25, 0.3) is 0 Å². The van der Waals surface area contributed by atoms with E-state index in [0.29, 0.717) is 23.6 Å². The summed E-state index contributed by atoms with van der Waals surface area (Å²) in [6, 6.07) is 7.11. The van der Waals surface area contributed by atoms with Crippen LogP contribution in [0, 0.1) is 6.92 Å². The van der Waals surface area contributed by atoms with Gasteiger partial charge in [0.05, 0.1) is 6.04 Å². The van der Waals surface area contributed by atoms with Gasteiger partial charge in [-0.15, -0.1) is 0 Å². The van der Waals surface area contributed by atoms with Crippen LogP contribution in [0.15, 0.2) is 41.8 Å². The molecule has 0 spiro atoms. The van der Waals surface area contributed by atoms with Crippen LogP contribution in [-0.4, -0.2) is 52.1 Å². The lowest BCUT2D eigenvalue weighted by Crippen LogP contribution is -2.49. The van der Waals surface area contributed by atoms with Crippen molar-refractivity contribution in [3.05, 3.63) is 53.5 Å². The van der Waals surface area contributed by atoms with Crippen LogP contribution in [0.5, 0.6) is 0 Å². The number of carbonyl (C=O) groups is 2. The Morgan fingerprint density at radius 2 is 2.10 bits per heavy atom. The average molecular weight is 407 g/mol. The fraction of sp³-hybridized carbons (Fsp3) is 0.409. The summed E-state index contributed by atoms with van der Waals surface area (Å²) in [5.74, 6) is 0.225. The number of Topliss-reactive ketones (excluding diaryl/α,β-unsaturated/α-hetero) is 1. The first-order valence-corrected chi connectivity index (χ1v) is 10.1. The van der Waals surface area contributed by atoms with Crippen molar-refractivity contribution in [1.82, 2.24) is 15.3 Å². The van der Waals surface area contributed by atoms with Gasteiger partial charge in [0, 0.05) is 24.5 Å². The van der Waals surface area contributed by atoms with Crippen LogP contribution < -0.4 is 10.2 Å². The molecular weight excluding hydrogens is 382 g/mol. The lowest BCUT2D eigenvalue weighted by molar-refractivity contribution is -0.128. The van der Waals surface area contributed by atoms with Crippen molar-refractivity contribution < 1.29 is 14.4 Å². The number of aryl methyl sites for hydroxylation is 1. The maximum Gasteiger partial charge on any atom is 0.278 e. The topological polar surface area (TPSA) is 96.8 Å². The zero-order valence-corrected chi connectivity index (χ0v) is 17.4. The Labute approximate surface area is 175 Å². The van der Waals surface area contributed by atoms with E-state index in [1.807, 2.05) is 19.1 Å². The number of anilines is 1. The number of piperidine rings is 1. The molecule has 8 nitrogen and oxygen atoms in total. The minimum atomic E-state index is -0.981. The molecule has 0 bridgehead atoms. The maximum absolute atomic E-state index is 13.5. The van der Waals surface area contributed by atoms with Gasteiger partial charge in [-0.3, -0.25) is 19.5 Å². The van der Waals surface area contributed by atoms with Gasteiger partial charge in [0.1, 0.15) is 11.5 Å². The van der Waals surface area contributed by atoms with Crippen molar-refractivity contribution in [2.24, 2.45) is 5.16 Å². The Bertz CT molecular complexity index is 994. The predicted octanol–water partition coefficient (Wildman–Crippen LogP) is 2.27. The third kappa shape index (κ3) is 3.70. The molecule has 0 aromatic carbocycles. The molecule has 30 heavy (non-hydrogen) atoms. The van der Waals surface area contributed by atoms with E-state index in [2.05, 4.69) is 20.4 Å². The number of carbonyl (C=O) groups excluding carboxylic acids is 2.